The summed E-state index contributed by atoms with van der Waals surface area (Å²) in [6.07, 6.45) is 0. The van der Waals surface area contributed by atoms with Crippen LogP contribution in [0.25, 0.3) is 22.3 Å². The largest absolute Gasteiger partial charge is 0.179 e. The molecule has 0 aromatic heterocycles. The molecule has 9 aromatic carbocycles. The lowest BCUT2D eigenvalue weighted by Gasteiger charge is -2.34. The van der Waals surface area contributed by atoms with Crippen LogP contribution in [0.4, 0.5) is 0 Å². The van der Waals surface area contributed by atoms with Gasteiger partial charge in [-0.3, -0.25) is 0 Å². The van der Waals surface area contributed by atoms with E-state index in [4.69, 9.17) is 0 Å². The van der Waals surface area contributed by atoms with Gasteiger partial charge < -0.3 is 0 Å². The lowest BCUT2D eigenvalue weighted by molar-refractivity contribution is 1.46. The van der Waals surface area contributed by atoms with Gasteiger partial charge in [0.2, 0.25) is 0 Å². The molecule has 2 heteroatoms. The third-order valence-electron chi connectivity index (χ3n) is 11.6. The van der Waals surface area contributed by atoms with Gasteiger partial charge in [-0.2, -0.15) is 0 Å². The molecule has 0 saturated heterocycles. The van der Waals surface area contributed by atoms with Gasteiger partial charge in [-0.25, -0.2) is 0 Å². The second-order valence-electron chi connectivity index (χ2n) is 14.9. The topological polar surface area (TPSA) is 0 Å². The Bertz CT molecular complexity index is 2300. The van der Waals surface area contributed by atoms with Gasteiger partial charge in [0.15, 0.2) is 16.1 Å². The molecule has 0 atom stereocenters. The first-order valence-corrected chi connectivity index (χ1v) is 23.8. The van der Waals surface area contributed by atoms with Crippen molar-refractivity contribution in [1.29, 1.82) is 0 Å². The van der Waals surface area contributed by atoms with Crippen molar-refractivity contribution in [2.24, 2.45) is 0 Å². The lowest BCUT2D eigenvalue weighted by atomic mass is 9.96. The summed E-state index contributed by atoms with van der Waals surface area (Å²) in [5.41, 5.74) is 6.16. The summed E-state index contributed by atoms with van der Waals surface area (Å²) in [7, 11) is -5.18. The number of rotatable bonds is 10. The highest BCUT2D eigenvalue weighted by Gasteiger charge is 2.42. The van der Waals surface area contributed by atoms with Gasteiger partial charge in [-0.05, 0) is 82.3 Å². The molecule has 0 amide bonds. The number of benzene rings is 9. The highest BCUT2D eigenvalue weighted by molar-refractivity contribution is 7.20. The second kappa shape index (κ2) is 15.9. The standard InChI is InChI=1S/C55H44Si2/c1-43-40-46(44-32-36-54(37-33-44)56(48-20-8-2-9-21-48,49-22-10-3-11-23-49)50-24-12-4-13-25-50)42-47(41-43)45-34-38-55(39-35-45)57(51-26-14-5-15-27-51,52-28-16-6-17-29-52)53-30-18-7-19-31-53/h2-42H,1H3. The number of hydrogen-bond acceptors (Lipinski definition) is 0. The zero-order valence-corrected chi connectivity index (χ0v) is 34.2. The van der Waals surface area contributed by atoms with Crippen LogP contribution in [0.1, 0.15) is 5.56 Å². The minimum Gasteiger partial charge on any atom is -0.0623 e. The maximum atomic E-state index is 2.40. The maximum Gasteiger partial charge on any atom is 0.179 e. The minimum absolute atomic E-state index is 1.22. The van der Waals surface area contributed by atoms with E-state index in [-0.39, 0.29) is 0 Å². The summed E-state index contributed by atoms with van der Waals surface area (Å²) in [6, 6.07) is 92.8. The van der Waals surface area contributed by atoms with Crippen molar-refractivity contribution in [3.05, 3.63) is 254 Å². The van der Waals surface area contributed by atoms with Crippen LogP contribution < -0.4 is 41.5 Å². The first-order chi connectivity index (χ1) is 28.2. The Labute approximate surface area is 339 Å². The Kier molecular flexibility index (Phi) is 10.0. The Morgan fingerprint density at radius 3 is 0.649 bits per heavy atom. The van der Waals surface area contributed by atoms with E-state index < -0.39 is 16.1 Å². The van der Waals surface area contributed by atoms with Crippen molar-refractivity contribution in [1.82, 2.24) is 0 Å². The van der Waals surface area contributed by atoms with Crippen LogP contribution in [-0.2, 0) is 0 Å². The van der Waals surface area contributed by atoms with Crippen LogP contribution in [0.15, 0.2) is 249 Å². The van der Waals surface area contributed by atoms with Crippen LogP contribution >= 0.6 is 0 Å². The lowest BCUT2D eigenvalue weighted by Crippen LogP contribution is -2.74. The molecule has 57 heavy (non-hydrogen) atoms. The fourth-order valence-electron chi connectivity index (χ4n) is 9.07. The molecule has 0 aliphatic carbocycles. The van der Waals surface area contributed by atoms with Gasteiger partial charge in [-0.1, -0.05) is 243 Å². The first-order valence-electron chi connectivity index (χ1n) is 19.8. The van der Waals surface area contributed by atoms with Crippen LogP contribution in [0.2, 0.25) is 0 Å². The van der Waals surface area contributed by atoms with E-state index in [9.17, 15) is 0 Å². The molecule has 0 spiro atoms. The second-order valence-corrected chi connectivity index (χ2v) is 22.6. The summed E-state index contributed by atoms with van der Waals surface area (Å²) in [6.45, 7) is 2.21. The van der Waals surface area contributed by atoms with Crippen LogP contribution in [0.3, 0.4) is 0 Å². The SMILES string of the molecule is Cc1cc(-c2ccc([Si](c3ccccc3)(c3ccccc3)c3ccccc3)cc2)cc(-c2ccc([Si](c3ccccc3)(c3ccccc3)c3ccccc3)cc2)c1. The monoisotopic (exact) mass is 760 g/mol. The fraction of sp³-hybridized carbons (Fsp3) is 0.0182. The van der Waals surface area contributed by atoms with E-state index in [1.54, 1.807) is 0 Å². The molecule has 9 aromatic rings. The average Bonchev–Trinajstić information content (AvgIpc) is 3.29. The van der Waals surface area contributed by atoms with E-state index in [0.29, 0.717) is 0 Å². The Balaban J connectivity index is 1.13. The van der Waals surface area contributed by atoms with Gasteiger partial charge >= 0.3 is 0 Å². The van der Waals surface area contributed by atoms with Crippen molar-refractivity contribution in [3.63, 3.8) is 0 Å². The van der Waals surface area contributed by atoms with E-state index in [1.165, 1.54) is 69.3 Å². The Morgan fingerprint density at radius 1 is 0.211 bits per heavy atom. The minimum atomic E-state index is -2.59. The molecule has 272 valence electrons. The number of hydrogen-bond donors (Lipinski definition) is 0. The van der Waals surface area contributed by atoms with Crippen molar-refractivity contribution in [2.45, 2.75) is 6.92 Å². The van der Waals surface area contributed by atoms with Crippen molar-refractivity contribution < 1.29 is 0 Å². The predicted octanol–water partition coefficient (Wildman–Crippen LogP) is 8.08. The van der Waals surface area contributed by atoms with Crippen molar-refractivity contribution >= 4 is 57.6 Å². The highest BCUT2D eigenvalue weighted by atomic mass is 28.3. The molecule has 0 bridgehead atoms. The predicted molar refractivity (Wildman–Crippen MR) is 249 cm³/mol. The van der Waals surface area contributed by atoms with Gasteiger partial charge in [0.25, 0.3) is 0 Å². The molecule has 0 heterocycles. The normalized spacial score (nSPS) is 11.6. The summed E-state index contributed by atoms with van der Waals surface area (Å²) in [4.78, 5) is 0. The Hall–Kier alpha value is -6.59. The van der Waals surface area contributed by atoms with Crippen molar-refractivity contribution in [3.8, 4) is 22.3 Å². The molecule has 0 fully saturated rings. The summed E-state index contributed by atoms with van der Waals surface area (Å²) in [5, 5.41) is 11.1. The quantitative estimate of drug-likeness (QED) is 0.0978. The zero-order valence-electron chi connectivity index (χ0n) is 32.2. The average molecular weight is 761 g/mol. The van der Waals surface area contributed by atoms with E-state index in [1.807, 2.05) is 0 Å². The van der Waals surface area contributed by atoms with Gasteiger partial charge in [0.05, 0.1) is 0 Å². The molecule has 0 N–H and O–H groups in total. The molecule has 0 saturated carbocycles. The number of aryl methyl sites for hydroxylation is 1. The summed E-state index contributed by atoms with van der Waals surface area (Å²) >= 11 is 0. The van der Waals surface area contributed by atoms with Crippen molar-refractivity contribution in [2.75, 3.05) is 0 Å². The maximum absolute atomic E-state index is 2.59. The van der Waals surface area contributed by atoms with Gasteiger partial charge in [-0.15, -0.1) is 0 Å². The summed E-state index contributed by atoms with van der Waals surface area (Å²) in [5.74, 6) is 0. The summed E-state index contributed by atoms with van der Waals surface area (Å²) < 4.78 is 0. The van der Waals surface area contributed by atoms with Crippen LogP contribution in [-0.4, -0.2) is 16.1 Å². The third kappa shape index (κ3) is 6.63. The molecule has 9 rings (SSSR count). The molecule has 0 aliphatic rings. The molecular formula is C55H44Si2. The molecular weight excluding hydrogens is 717 g/mol. The van der Waals surface area contributed by atoms with E-state index in [0.717, 1.165) is 0 Å². The van der Waals surface area contributed by atoms with Crippen LogP contribution in [0.5, 0.6) is 0 Å². The molecule has 0 radical (unpaired) electrons. The smallest absolute Gasteiger partial charge is 0.0623 e. The first kappa shape index (κ1) is 36.1. The zero-order chi connectivity index (χ0) is 38.5. The van der Waals surface area contributed by atoms with Gasteiger partial charge in [0.1, 0.15) is 0 Å². The molecule has 0 nitrogen and oxygen atoms in total. The van der Waals surface area contributed by atoms with E-state index >= 15 is 0 Å². The van der Waals surface area contributed by atoms with E-state index in [2.05, 4.69) is 256 Å². The highest BCUT2D eigenvalue weighted by Crippen LogP contribution is 2.28. The van der Waals surface area contributed by atoms with Crippen LogP contribution in [0, 0.1) is 6.92 Å². The molecule has 0 aliphatic heterocycles. The van der Waals surface area contributed by atoms with Gasteiger partial charge in [0, 0.05) is 0 Å². The third-order valence-corrected chi connectivity index (χ3v) is 21.2. The fourth-order valence-corrected chi connectivity index (χ4v) is 18.6. The Morgan fingerprint density at radius 2 is 0.421 bits per heavy atom. The molecule has 0 unspecified atom stereocenters.